The van der Waals surface area contributed by atoms with Crippen LogP contribution in [0.15, 0.2) is 84.9 Å². The third kappa shape index (κ3) is 2.00. The van der Waals surface area contributed by atoms with Gasteiger partial charge < -0.3 is 0 Å². The molecular formula is C28H20. The molecule has 6 aromatic rings. The monoisotopic (exact) mass is 356 g/mol. The van der Waals surface area contributed by atoms with E-state index >= 15 is 0 Å². The van der Waals surface area contributed by atoms with Crippen LogP contribution in [0.5, 0.6) is 0 Å². The quantitative estimate of drug-likeness (QED) is 0.262. The minimum absolute atomic E-state index is 1.32. The Morgan fingerprint density at radius 1 is 0.393 bits per heavy atom. The van der Waals surface area contributed by atoms with E-state index in [0.29, 0.717) is 0 Å². The van der Waals surface area contributed by atoms with Gasteiger partial charge in [-0.1, -0.05) is 84.9 Å². The summed E-state index contributed by atoms with van der Waals surface area (Å²) < 4.78 is 0. The van der Waals surface area contributed by atoms with Gasteiger partial charge in [0.05, 0.1) is 0 Å². The first-order valence-electron chi connectivity index (χ1n) is 9.88. The van der Waals surface area contributed by atoms with Crippen LogP contribution in [-0.2, 0) is 0 Å². The molecule has 0 aromatic heterocycles. The third-order valence-electron chi connectivity index (χ3n) is 6.31. The Morgan fingerprint density at radius 3 is 1.71 bits per heavy atom. The van der Waals surface area contributed by atoms with E-state index in [-0.39, 0.29) is 0 Å². The molecule has 0 aliphatic carbocycles. The molecule has 0 heteroatoms. The summed E-state index contributed by atoms with van der Waals surface area (Å²) in [5.74, 6) is 0. The standard InChI is InChI=1S/C28H20/c1-17-8-13-24(23-6-4-3-5-21(17)23)25-15-11-20-10-14-22-18(2)7-9-19-12-16-26(25)28(20)27(19)22/h3-16H,1-2H3. The summed E-state index contributed by atoms with van der Waals surface area (Å²) in [7, 11) is 0. The maximum atomic E-state index is 2.31. The van der Waals surface area contributed by atoms with E-state index < -0.39 is 0 Å². The lowest BCUT2D eigenvalue weighted by atomic mass is 9.87. The molecule has 6 rings (SSSR count). The molecular weight excluding hydrogens is 336 g/mol. The minimum Gasteiger partial charge on any atom is -0.0616 e. The van der Waals surface area contributed by atoms with Crippen molar-refractivity contribution in [2.45, 2.75) is 13.8 Å². The number of aryl methyl sites for hydroxylation is 2. The second kappa shape index (κ2) is 5.56. The molecule has 0 amide bonds. The predicted molar refractivity (Wildman–Crippen MR) is 123 cm³/mol. The Balaban J connectivity index is 1.81. The van der Waals surface area contributed by atoms with Gasteiger partial charge in [-0.3, -0.25) is 0 Å². The summed E-state index contributed by atoms with van der Waals surface area (Å²) in [6.45, 7) is 4.40. The van der Waals surface area contributed by atoms with E-state index in [1.165, 1.54) is 65.3 Å². The molecule has 0 N–H and O–H groups in total. The Bertz CT molecular complexity index is 1520. The lowest BCUT2D eigenvalue weighted by Gasteiger charge is -2.16. The van der Waals surface area contributed by atoms with Crippen molar-refractivity contribution in [3.63, 3.8) is 0 Å². The molecule has 0 nitrogen and oxygen atoms in total. The maximum Gasteiger partial charge on any atom is -0.00205 e. The maximum absolute atomic E-state index is 2.31. The van der Waals surface area contributed by atoms with Crippen LogP contribution in [0.1, 0.15) is 11.1 Å². The second-order valence-corrected chi connectivity index (χ2v) is 7.89. The first kappa shape index (κ1) is 15.7. The van der Waals surface area contributed by atoms with E-state index in [1.54, 1.807) is 0 Å². The molecule has 0 unspecified atom stereocenters. The third-order valence-corrected chi connectivity index (χ3v) is 6.31. The number of rotatable bonds is 1. The van der Waals surface area contributed by atoms with E-state index in [9.17, 15) is 0 Å². The number of benzene rings is 6. The number of hydrogen-bond acceptors (Lipinski definition) is 0. The zero-order chi connectivity index (χ0) is 18.8. The van der Waals surface area contributed by atoms with Crippen molar-refractivity contribution < 1.29 is 0 Å². The summed E-state index contributed by atoms with van der Waals surface area (Å²) in [4.78, 5) is 0. The van der Waals surface area contributed by atoms with Gasteiger partial charge in [-0.25, -0.2) is 0 Å². The summed E-state index contributed by atoms with van der Waals surface area (Å²) in [6, 6.07) is 31.5. The van der Waals surface area contributed by atoms with Gasteiger partial charge in [-0.15, -0.1) is 0 Å². The van der Waals surface area contributed by atoms with Crippen molar-refractivity contribution in [2.75, 3.05) is 0 Å². The van der Waals surface area contributed by atoms with Gasteiger partial charge in [-0.05, 0) is 79.2 Å². The fraction of sp³-hybridized carbons (Fsp3) is 0.0714. The molecule has 0 fully saturated rings. The smallest absolute Gasteiger partial charge is 0.00205 e. The van der Waals surface area contributed by atoms with Crippen molar-refractivity contribution in [1.29, 1.82) is 0 Å². The molecule has 0 radical (unpaired) electrons. The van der Waals surface area contributed by atoms with Crippen LogP contribution < -0.4 is 0 Å². The summed E-state index contributed by atoms with van der Waals surface area (Å²) in [6.07, 6.45) is 0. The highest BCUT2D eigenvalue weighted by Crippen LogP contribution is 2.41. The van der Waals surface area contributed by atoms with Gasteiger partial charge in [0.25, 0.3) is 0 Å². The molecule has 0 saturated heterocycles. The number of hydrogen-bond donors (Lipinski definition) is 0. The average Bonchev–Trinajstić information content (AvgIpc) is 2.74. The number of fused-ring (bicyclic) bond motifs is 1. The van der Waals surface area contributed by atoms with Crippen molar-refractivity contribution in [1.82, 2.24) is 0 Å². The summed E-state index contributed by atoms with van der Waals surface area (Å²) >= 11 is 0. The highest BCUT2D eigenvalue weighted by Gasteiger charge is 2.14. The molecule has 132 valence electrons. The Labute approximate surface area is 164 Å². The van der Waals surface area contributed by atoms with Crippen molar-refractivity contribution in [3.05, 3.63) is 96.1 Å². The van der Waals surface area contributed by atoms with Crippen molar-refractivity contribution in [2.24, 2.45) is 0 Å². The Kier molecular flexibility index (Phi) is 3.11. The molecule has 0 aliphatic rings. The van der Waals surface area contributed by atoms with Crippen LogP contribution in [0.25, 0.3) is 54.2 Å². The average molecular weight is 356 g/mol. The van der Waals surface area contributed by atoms with Gasteiger partial charge in [-0.2, -0.15) is 0 Å². The lowest BCUT2D eigenvalue weighted by molar-refractivity contribution is 1.53. The first-order valence-corrected chi connectivity index (χ1v) is 9.88. The van der Waals surface area contributed by atoms with Crippen LogP contribution in [0.2, 0.25) is 0 Å². The van der Waals surface area contributed by atoms with Crippen LogP contribution >= 0.6 is 0 Å². The SMILES string of the molecule is Cc1ccc(-c2ccc3ccc4c(C)ccc5ccc2c3c54)c2ccccc12. The first-order chi connectivity index (χ1) is 13.7. The lowest BCUT2D eigenvalue weighted by Crippen LogP contribution is -1.90. The van der Waals surface area contributed by atoms with E-state index in [0.717, 1.165) is 0 Å². The van der Waals surface area contributed by atoms with Gasteiger partial charge in [0.1, 0.15) is 0 Å². The largest absolute Gasteiger partial charge is 0.0616 e. The van der Waals surface area contributed by atoms with E-state index in [1.807, 2.05) is 0 Å². The van der Waals surface area contributed by atoms with Crippen LogP contribution in [-0.4, -0.2) is 0 Å². The molecule has 0 heterocycles. The van der Waals surface area contributed by atoms with Crippen molar-refractivity contribution in [3.8, 4) is 11.1 Å². The van der Waals surface area contributed by atoms with Crippen LogP contribution in [0.3, 0.4) is 0 Å². The molecule has 0 atom stereocenters. The molecule has 0 spiro atoms. The van der Waals surface area contributed by atoms with Crippen molar-refractivity contribution >= 4 is 43.1 Å². The van der Waals surface area contributed by atoms with Gasteiger partial charge in [0, 0.05) is 0 Å². The second-order valence-electron chi connectivity index (χ2n) is 7.89. The normalized spacial score (nSPS) is 11.9. The van der Waals surface area contributed by atoms with Gasteiger partial charge in [0.2, 0.25) is 0 Å². The van der Waals surface area contributed by atoms with Gasteiger partial charge >= 0.3 is 0 Å². The predicted octanol–water partition coefficient (Wildman–Crippen LogP) is 8.02. The summed E-state index contributed by atoms with van der Waals surface area (Å²) in [5.41, 5.74) is 5.30. The summed E-state index contributed by atoms with van der Waals surface area (Å²) in [5, 5.41) is 10.8. The van der Waals surface area contributed by atoms with Crippen LogP contribution in [0.4, 0.5) is 0 Å². The zero-order valence-electron chi connectivity index (χ0n) is 16.1. The molecule has 0 aliphatic heterocycles. The zero-order valence-corrected chi connectivity index (χ0v) is 16.1. The van der Waals surface area contributed by atoms with E-state index in [4.69, 9.17) is 0 Å². The Hall–Kier alpha value is -3.38. The fourth-order valence-electron chi connectivity index (χ4n) is 4.87. The molecule has 28 heavy (non-hydrogen) atoms. The van der Waals surface area contributed by atoms with Gasteiger partial charge in [0.15, 0.2) is 0 Å². The highest BCUT2D eigenvalue weighted by molar-refractivity contribution is 6.26. The molecule has 0 saturated carbocycles. The molecule has 6 aromatic carbocycles. The minimum atomic E-state index is 1.32. The topological polar surface area (TPSA) is 0 Å². The van der Waals surface area contributed by atoms with Crippen LogP contribution in [0, 0.1) is 13.8 Å². The molecule has 0 bridgehead atoms. The fourth-order valence-corrected chi connectivity index (χ4v) is 4.87. The highest BCUT2D eigenvalue weighted by atomic mass is 14.2. The Morgan fingerprint density at radius 2 is 0.893 bits per heavy atom. The van der Waals surface area contributed by atoms with E-state index in [2.05, 4.69) is 98.8 Å².